The number of benzene rings is 3. The lowest BCUT2D eigenvalue weighted by molar-refractivity contribution is -0.132. The number of piperazine rings is 1. The number of H-pyrrole nitrogens is 1. The van der Waals surface area contributed by atoms with Crippen LogP contribution in [0, 0.1) is 12.8 Å². The highest BCUT2D eigenvalue weighted by atomic mass is 35.5. The van der Waals surface area contributed by atoms with Crippen LogP contribution in [0.1, 0.15) is 88.5 Å². The first-order valence-electron chi connectivity index (χ1n) is 24.7. The minimum atomic E-state index is -1.07. The second-order valence-electron chi connectivity index (χ2n) is 18.7. The molecule has 3 aromatic carbocycles. The van der Waals surface area contributed by atoms with E-state index in [2.05, 4.69) is 36.5 Å². The summed E-state index contributed by atoms with van der Waals surface area (Å²) in [6, 6.07) is 11.4. The van der Waals surface area contributed by atoms with Crippen molar-refractivity contribution in [3.63, 3.8) is 0 Å². The third kappa shape index (κ3) is 13.0. The SMILES string of the molecule is CCOCCC(=O)N[C@H](C(=O)N[C@@H](CCCNC(N)=O)C(=O)Nc1ccc(C(=O)Nc2ccc3oc(C(=O)N4C[C@@H](CCl)c5c4cc(OC(=O)N4CCN(C)CC4)c4[nH]c(C)c(C(=O)OC)c54)cc3c2)cc1)C(C)C. The molecule has 7 rings (SSSR count). The highest BCUT2D eigenvalue weighted by Gasteiger charge is 2.39. The molecule has 1 fully saturated rings. The average molecular weight is 1060 g/mol. The number of halogens is 1. The molecule has 5 aromatic rings. The Kier molecular flexibility index (Phi) is 18.0. The van der Waals surface area contributed by atoms with Crippen molar-refractivity contribution < 1.29 is 57.0 Å². The molecular weight excluding hydrogens is 992 g/mol. The maximum atomic E-state index is 14.5. The summed E-state index contributed by atoms with van der Waals surface area (Å²) in [5, 5.41) is 14.5. The molecule has 3 atom stereocenters. The van der Waals surface area contributed by atoms with Gasteiger partial charge in [-0.05, 0) is 93.7 Å². The van der Waals surface area contributed by atoms with Crippen molar-refractivity contribution in [3.05, 3.63) is 82.7 Å². The second-order valence-corrected chi connectivity index (χ2v) is 19.0. The standard InChI is InChI=1S/C52H63ClN10O12/c1-7-73-22-16-40(64)60-44(28(2)3)48(67)59-35(9-8-17-55-51(54)70)47(66)57-33-12-10-30(11-13-33)46(65)58-34-14-15-37-31(23-34)24-39(74-37)49(68)63-27-32(26-53)42-36(63)25-38(75-52(71)62-20-18-61(5)19-21-62)45-43(42)41(29(4)56-45)50(69)72-6/h10-15,23-25,28,32,35,44,56H,7-9,16-22,26-27H2,1-6H3,(H,57,66)(H,58,65)(H,59,67)(H,60,64)(H3,54,55,70)/t32-,35+,44+/m1/s1. The van der Waals surface area contributed by atoms with Crippen LogP contribution in [0.4, 0.5) is 26.7 Å². The molecule has 0 spiro atoms. The van der Waals surface area contributed by atoms with Crippen LogP contribution in [0.15, 0.2) is 59.0 Å². The van der Waals surface area contributed by atoms with Gasteiger partial charge in [-0.1, -0.05) is 13.8 Å². The third-order valence-electron chi connectivity index (χ3n) is 13.1. The number of nitrogens with two attached hydrogens (primary N) is 1. The summed E-state index contributed by atoms with van der Waals surface area (Å²) < 4.78 is 22.5. The van der Waals surface area contributed by atoms with Gasteiger partial charge in [0.25, 0.3) is 11.8 Å². The Bertz CT molecular complexity index is 2970. The number of aryl methyl sites for hydroxylation is 1. The van der Waals surface area contributed by atoms with Gasteiger partial charge in [0.15, 0.2) is 11.5 Å². The number of hydrogen-bond acceptors (Lipinski definition) is 13. The number of ether oxygens (including phenoxy) is 3. The Labute approximate surface area is 437 Å². The van der Waals surface area contributed by atoms with Gasteiger partial charge in [-0.3, -0.25) is 24.0 Å². The molecule has 0 radical (unpaired) electrons. The summed E-state index contributed by atoms with van der Waals surface area (Å²) in [7, 11) is 3.24. The smallest absolute Gasteiger partial charge is 0.415 e. The Morgan fingerprint density at radius 3 is 2.31 bits per heavy atom. The van der Waals surface area contributed by atoms with Crippen molar-refractivity contribution in [2.24, 2.45) is 11.7 Å². The fourth-order valence-electron chi connectivity index (χ4n) is 9.07. The fraction of sp³-hybridized carbons (Fsp3) is 0.423. The molecule has 0 saturated carbocycles. The van der Waals surface area contributed by atoms with E-state index >= 15 is 0 Å². The Morgan fingerprint density at radius 2 is 1.64 bits per heavy atom. The van der Waals surface area contributed by atoms with Crippen molar-refractivity contribution in [2.45, 2.75) is 65.0 Å². The average Bonchev–Trinajstić information content (AvgIpc) is 4.15. The molecule has 23 heteroatoms. The number of anilines is 3. The van der Waals surface area contributed by atoms with Gasteiger partial charge in [0.1, 0.15) is 17.7 Å². The molecule has 2 aromatic heterocycles. The topological polar surface area (TPSA) is 289 Å². The highest BCUT2D eigenvalue weighted by molar-refractivity contribution is 6.20. The highest BCUT2D eigenvalue weighted by Crippen LogP contribution is 2.48. The first kappa shape index (κ1) is 55.1. The lowest BCUT2D eigenvalue weighted by Gasteiger charge is -2.31. The fourth-order valence-corrected chi connectivity index (χ4v) is 9.32. The number of methoxy groups -OCH3 is 1. The van der Waals surface area contributed by atoms with E-state index in [1.54, 1.807) is 62.9 Å². The zero-order valence-electron chi connectivity index (χ0n) is 42.7. The summed E-state index contributed by atoms with van der Waals surface area (Å²) in [5.74, 6) is -3.70. The van der Waals surface area contributed by atoms with Crippen LogP contribution < -0.4 is 42.0 Å². The van der Waals surface area contributed by atoms with Gasteiger partial charge in [-0.15, -0.1) is 11.6 Å². The molecular formula is C52H63ClN10O12. The molecule has 8 N–H and O–H groups in total. The summed E-state index contributed by atoms with van der Waals surface area (Å²) in [6.45, 7) is 10.2. The summed E-state index contributed by atoms with van der Waals surface area (Å²) in [6.07, 6.45) is -0.116. The predicted molar refractivity (Wildman–Crippen MR) is 280 cm³/mol. The van der Waals surface area contributed by atoms with Gasteiger partial charge in [0.2, 0.25) is 17.7 Å². The first-order valence-corrected chi connectivity index (χ1v) is 25.2. The van der Waals surface area contributed by atoms with E-state index in [-0.39, 0.29) is 79.3 Å². The van der Waals surface area contributed by atoms with E-state index in [1.807, 2.05) is 7.05 Å². The van der Waals surface area contributed by atoms with E-state index in [9.17, 15) is 38.4 Å². The maximum absolute atomic E-state index is 14.5. The number of urea groups is 1. The van der Waals surface area contributed by atoms with Gasteiger partial charge in [-0.25, -0.2) is 14.4 Å². The van der Waals surface area contributed by atoms with E-state index in [0.29, 0.717) is 83.0 Å². The quantitative estimate of drug-likeness (QED) is 0.0291. The number of esters is 1. The number of likely N-dealkylation sites (N-methyl/N-ethyl adjacent to an activating group) is 1. The van der Waals surface area contributed by atoms with Crippen molar-refractivity contribution >= 4 is 98.2 Å². The summed E-state index contributed by atoms with van der Waals surface area (Å²) in [4.78, 5) is 114. The van der Waals surface area contributed by atoms with Crippen LogP contribution in [-0.2, 0) is 23.9 Å². The van der Waals surface area contributed by atoms with Gasteiger partial charge in [0, 0.05) is 104 Å². The molecule has 0 unspecified atom stereocenters. The number of carbonyl (C=O) groups is 8. The lowest BCUT2D eigenvalue weighted by Crippen LogP contribution is -2.54. The number of aromatic amines is 1. The van der Waals surface area contributed by atoms with Crippen LogP contribution in [0.2, 0.25) is 0 Å². The molecule has 1 saturated heterocycles. The molecule has 4 heterocycles. The molecule has 2 aliphatic rings. The van der Waals surface area contributed by atoms with Crippen molar-refractivity contribution in [3.8, 4) is 5.75 Å². The third-order valence-corrected chi connectivity index (χ3v) is 13.4. The summed E-state index contributed by atoms with van der Waals surface area (Å²) in [5.41, 5.74) is 8.62. The Balaban J connectivity index is 1.05. The number of hydrogen-bond donors (Lipinski definition) is 7. The van der Waals surface area contributed by atoms with E-state index < -0.39 is 59.7 Å². The number of nitrogens with one attached hydrogen (secondary N) is 6. The van der Waals surface area contributed by atoms with Crippen LogP contribution in [0.3, 0.4) is 0 Å². The van der Waals surface area contributed by atoms with E-state index in [4.69, 9.17) is 36.0 Å². The van der Waals surface area contributed by atoms with Gasteiger partial charge in [0.05, 0.1) is 30.5 Å². The number of nitrogens with zero attached hydrogens (tertiary/aromatic N) is 3. The second kappa shape index (κ2) is 24.6. The first-order chi connectivity index (χ1) is 35.9. The number of aromatic nitrogens is 1. The van der Waals surface area contributed by atoms with Crippen LogP contribution in [-0.4, -0.2) is 147 Å². The maximum Gasteiger partial charge on any atom is 0.415 e. The monoisotopic (exact) mass is 1050 g/mol. The Morgan fingerprint density at radius 1 is 0.920 bits per heavy atom. The minimum absolute atomic E-state index is 0.0224. The van der Waals surface area contributed by atoms with E-state index in [1.165, 1.54) is 36.3 Å². The normalized spacial score (nSPS) is 15.3. The number of amides is 8. The van der Waals surface area contributed by atoms with Crippen LogP contribution in [0.25, 0.3) is 21.9 Å². The zero-order chi connectivity index (χ0) is 54.1. The molecule has 75 heavy (non-hydrogen) atoms. The molecule has 22 nitrogen and oxygen atoms in total. The molecule has 8 amide bonds. The minimum Gasteiger partial charge on any atom is -0.465 e. The predicted octanol–water partition coefficient (Wildman–Crippen LogP) is 5.43. The summed E-state index contributed by atoms with van der Waals surface area (Å²) >= 11 is 6.58. The zero-order valence-corrected chi connectivity index (χ0v) is 43.4. The van der Waals surface area contributed by atoms with Gasteiger partial charge in [-0.2, -0.15) is 0 Å². The molecule has 400 valence electrons. The number of primary amides is 1. The number of fused-ring (bicyclic) bond motifs is 4. The van der Waals surface area contributed by atoms with E-state index in [0.717, 1.165) is 0 Å². The molecule has 0 aliphatic carbocycles. The van der Waals surface area contributed by atoms with Crippen molar-refractivity contribution in [1.82, 2.24) is 30.7 Å². The van der Waals surface area contributed by atoms with Crippen molar-refractivity contribution in [2.75, 3.05) is 88.1 Å². The number of furan rings is 1. The molecule has 0 bridgehead atoms. The number of alkyl halides is 1. The van der Waals surface area contributed by atoms with Crippen molar-refractivity contribution in [1.29, 1.82) is 0 Å². The van der Waals surface area contributed by atoms with Crippen LogP contribution >= 0.6 is 11.6 Å². The Hall–Kier alpha value is -7.69. The number of rotatable bonds is 20. The van der Waals surface area contributed by atoms with Crippen LogP contribution in [0.5, 0.6) is 5.75 Å². The van der Waals surface area contributed by atoms with Gasteiger partial charge >= 0.3 is 18.1 Å². The molecule has 2 aliphatic heterocycles. The number of carbonyl (C=O) groups excluding carboxylic acids is 8. The van der Waals surface area contributed by atoms with Gasteiger partial charge < -0.3 is 70.6 Å². The lowest BCUT2D eigenvalue weighted by atomic mass is 9.95. The largest absolute Gasteiger partial charge is 0.465 e.